The molecule has 0 radical (unpaired) electrons. The van der Waals surface area contributed by atoms with Crippen LogP contribution in [-0.2, 0) is 20.0 Å². The van der Waals surface area contributed by atoms with Crippen molar-refractivity contribution in [2.75, 3.05) is 0 Å². The van der Waals surface area contributed by atoms with Crippen LogP contribution in [-0.4, -0.2) is 21.8 Å². The number of nitro benzene ring substituents is 1. The van der Waals surface area contributed by atoms with Crippen LogP contribution < -0.4 is 10.3 Å². The van der Waals surface area contributed by atoms with E-state index in [1.165, 1.54) is 0 Å². The van der Waals surface area contributed by atoms with Crippen LogP contribution in [0.4, 0.5) is 14.5 Å². The molecule has 26 heavy (non-hydrogen) atoms. The highest BCUT2D eigenvalue weighted by molar-refractivity contribution is 7.89. The molecule has 4 N–H and O–H groups in total. The Labute approximate surface area is 151 Å². The van der Waals surface area contributed by atoms with Crippen molar-refractivity contribution in [2.24, 2.45) is 10.3 Å². The van der Waals surface area contributed by atoms with Crippen molar-refractivity contribution in [2.45, 2.75) is 9.79 Å². The summed E-state index contributed by atoms with van der Waals surface area (Å²) in [5, 5.41) is 19.5. The Morgan fingerprint density at radius 2 is 1.54 bits per heavy atom. The van der Waals surface area contributed by atoms with Crippen LogP contribution >= 0.6 is 11.6 Å². The summed E-state index contributed by atoms with van der Waals surface area (Å²) in [5.41, 5.74) is -0.920. The Morgan fingerprint density at radius 3 is 1.96 bits per heavy atom. The summed E-state index contributed by atoms with van der Waals surface area (Å²) >= 11 is 5.41. The second kappa shape index (κ2) is 8.01. The molecule has 0 fully saturated rings. The third kappa shape index (κ3) is 5.96. The number of hydrogen-bond donors (Lipinski definition) is 2. The molecule has 0 bridgehead atoms. The topological polar surface area (TPSA) is 163 Å². The summed E-state index contributed by atoms with van der Waals surface area (Å²) in [6.07, 6.45) is 0. The molecule has 9 nitrogen and oxygen atoms in total. The molecular weight excluding hydrogens is 420 g/mol. The van der Waals surface area contributed by atoms with Crippen molar-refractivity contribution < 1.29 is 30.5 Å². The van der Waals surface area contributed by atoms with Gasteiger partial charge in [-0.25, -0.2) is 31.5 Å². The molecular formula is C12H10ClF2N3O6S2. The maximum atomic E-state index is 12.7. The lowest BCUT2D eigenvalue weighted by Gasteiger charge is -1.99. The van der Waals surface area contributed by atoms with E-state index in [2.05, 4.69) is 0 Å². The van der Waals surface area contributed by atoms with Crippen molar-refractivity contribution in [3.63, 3.8) is 0 Å². The van der Waals surface area contributed by atoms with Gasteiger partial charge in [-0.15, -0.1) is 0 Å². The van der Waals surface area contributed by atoms with Crippen molar-refractivity contribution in [1.82, 2.24) is 0 Å². The predicted octanol–water partition coefficient (Wildman–Crippen LogP) is 1.51. The van der Waals surface area contributed by atoms with Gasteiger partial charge in [0, 0.05) is 6.07 Å². The number of benzene rings is 2. The third-order valence-corrected chi connectivity index (χ3v) is 4.95. The number of nitrogens with two attached hydrogens (primary N) is 2. The lowest BCUT2D eigenvalue weighted by atomic mass is 10.3. The first-order valence-electron chi connectivity index (χ1n) is 6.18. The Morgan fingerprint density at radius 1 is 0.962 bits per heavy atom. The van der Waals surface area contributed by atoms with Crippen molar-refractivity contribution in [3.8, 4) is 0 Å². The Bertz CT molecular complexity index is 1060. The fraction of sp³-hybridized carbons (Fsp3) is 0. The highest BCUT2D eigenvalue weighted by Crippen LogP contribution is 2.21. The van der Waals surface area contributed by atoms with Crippen LogP contribution in [0.3, 0.4) is 0 Å². The zero-order chi connectivity index (χ0) is 20.3. The molecule has 0 spiro atoms. The summed E-state index contributed by atoms with van der Waals surface area (Å²) < 4.78 is 68.1. The minimum Gasteiger partial charge on any atom is -0.258 e. The van der Waals surface area contributed by atoms with E-state index in [4.69, 9.17) is 21.9 Å². The molecule has 0 unspecified atom stereocenters. The number of rotatable bonds is 3. The summed E-state index contributed by atoms with van der Waals surface area (Å²) in [7, 11) is -7.90. The molecule has 2 rings (SSSR count). The average Bonchev–Trinajstić information content (AvgIpc) is 2.45. The standard InChI is InChI=1S/C6H5ClFNO2S.C6H5FN2O4S/c7-5-3-4(8)1-2-6(5)12(9,10)11;7-5-2-1-4(14(8,12)13)3-6(5)9(10)11/h1-3H,(H2,9,10,11);1-3H,(H2,8,12,13). The molecule has 0 atom stereocenters. The summed E-state index contributed by atoms with van der Waals surface area (Å²) in [6.45, 7) is 0. The van der Waals surface area contributed by atoms with E-state index < -0.39 is 47.2 Å². The zero-order valence-electron chi connectivity index (χ0n) is 12.5. The maximum Gasteiger partial charge on any atom is 0.306 e. The van der Waals surface area contributed by atoms with Gasteiger partial charge in [0.2, 0.25) is 25.9 Å². The van der Waals surface area contributed by atoms with Gasteiger partial charge in [-0.05, 0) is 30.3 Å². The van der Waals surface area contributed by atoms with Crippen LogP contribution in [0.5, 0.6) is 0 Å². The fourth-order valence-electron chi connectivity index (χ4n) is 1.52. The van der Waals surface area contributed by atoms with Crippen LogP contribution in [0.2, 0.25) is 5.02 Å². The molecule has 0 heterocycles. The van der Waals surface area contributed by atoms with Gasteiger partial charge in [-0.2, -0.15) is 4.39 Å². The summed E-state index contributed by atoms with van der Waals surface area (Å²) in [5.74, 6) is -1.71. The summed E-state index contributed by atoms with van der Waals surface area (Å²) in [4.78, 5) is 8.44. The second-order valence-corrected chi connectivity index (χ2v) is 8.03. The van der Waals surface area contributed by atoms with Gasteiger partial charge < -0.3 is 0 Å². The van der Waals surface area contributed by atoms with E-state index in [1.54, 1.807) is 0 Å². The first kappa shape index (κ1) is 21.9. The molecule has 0 saturated heterocycles. The zero-order valence-corrected chi connectivity index (χ0v) is 14.9. The largest absolute Gasteiger partial charge is 0.306 e. The number of nitrogens with zero attached hydrogens (tertiary/aromatic N) is 1. The third-order valence-electron chi connectivity index (χ3n) is 2.64. The first-order valence-corrected chi connectivity index (χ1v) is 9.65. The molecule has 14 heteroatoms. The Kier molecular flexibility index (Phi) is 6.73. The van der Waals surface area contributed by atoms with Crippen LogP contribution in [0.1, 0.15) is 0 Å². The van der Waals surface area contributed by atoms with Gasteiger partial charge in [0.1, 0.15) is 10.7 Å². The minimum atomic E-state index is -4.05. The second-order valence-electron chi connectivity index (χ2n) is 4.54. The monoisotopic (exact) mass is 429 g/mol. The van der Waals surface area contributed by atoms with Crippen LogP contribution in [0.25, 0.3) is 0 Å². The van der Waals surface area contributed by atoms with Gasteiger partial charge in [0.15, 0.2) is 0 Å². The number of hydrogen-bond acceptors (Lipinski definition) is 6. The number of nitro groups is 1. The van der Waals surface area contributed by atoms with Crippen LogP contribution in [0, 0.1) is 21.7 Å². The van der Waals surface area contributed by atoms with Crippen molar-refractivity contribution in [3.05, 3.63) is 63.2 Å². The maximum absolute atomic E-state index is 12.7. The van der Waals surface area contributed by atoms with Crippen molar-refractivity contribution in [1.29, 1.82) is 0 Å². The van der Waals surface area contributed by atoms with E-state index in [-0.39, 0.29) is 9.92 Å². The van der Waals surface area contributed by atoms with Gasteiger partial charge >= 0.3 is 5.69 Å². The molecule has 0 aliphatic carbocycles. The molecule has 142 valence electrons. The average molecular weight is 430 g/mol. The number of halogens is 3. The lowest BCUT2D eigenvalue weighted by Crippen LogP contribution is -2.12. The Balaban J connectivity index is 0.000000263. The van der Waals surface area contributed by atoms with Gasteiger partial charge in [-0.3, -0.25) is 10.1 Å². The lowest BCUT2D eigenvalue weighted by molar-refractivity contribution is -0.387. The van der Waals surface area contributed by atoms with Gasteiger partial charge in [0.25, 0.3) is 0 Å². The van der Waals surface area contributed by atoms with Crippen LogP contribution in [0.15, 0.2) is 46.2 Å². The molecule has 2 aromatic carbocycles. The highest BCUT2D eigenvalue weighted by atomic mass is 35.5. The smallest absolute Gasteiger partial charge is 0.258 e. The van der Waals surface area contributed by atoms with Gasteiger partial charge in [-0.1, -0.05) is 11.6 Å². The highest BCUT2D eigenvalue weighted by Gasteiger charge is 2.18. The van der Waals surface area contributed by atoms with Crippen molar-refractivity contribution >= 4 is 37.3 Å². The quantitative estimate of drug-likeness (QED) is 0.554. The number of sulfonamides is 2. The number of primary sulfonamides is 2. The molecule has 0 aliphatic heterocycles. The summed E-state index contributed by atoms with van der Waals surface area (Å²) in [6, 6.07) is 5.00. The molecule has 0 aromatic heterocycles. The van der Waals surface area contributed by atoms with E-state index in [0.717, 1.165) is 24.3 Å². The SMILES string of the molecule is NS(=O)(=O)c1ccc(F)c([N+](=O)[O-])c1.NS(=O)(=O)c1ccc(F)cc1Cl. The van der Waals surface area contributed by atoms with E-state index in [0.29, 0.717) is 12.1 Å². The van der Waals surface area contributed by atoms with Gasteiger partial charge in [0.05, 0.1) is 14.8 Å². The van der Waals surface area contributed by atoms with E-state index in [1.807, 2.05) is 0 Å². The Hall–Kier alpha value is -2.19. The normalized spacial score (nSPS) is 11.4. The van der Waals surface area contributed by atoms with E-state index >= 15 is 0 Å². The minimum absolute atomic E-state index is 0.211. The fourth-order valence-corrected chi connectivity index (χ4v) is 3.13. The molecule has 0 aliphatic rings. The molecule has 0 saturated carbocycles. The van der Waals surface area contributed by atoms with E-state index in [9.17, 15) is 35.7 Å². The predicted molar refractivity (Wildman–Crippen MR) is 87.2 cm³/mol. The molecule has 0 amide bonds. The molecule has 2 aromatic rings. The first-order chi connectivity index (χ1) is 11.7.